The van der Waals surface area contributed by atoms with Crippen LogP contribution in [0.4, 0.5) is 58.7 Å². The second-order valence-corrected chi connectivity index (χ2v) is 10.2. The molecule has 0 spiro atoms. The van der Waals surface area contributed by atoms with Gasteiger partial charge in [0.05, 0.1) is 33.9 Å². The third kappa shape index (κ3) is 9.28. The van der Waals surface area contributed by atoms with Crippen LogP contribution < -0.4 is 21.3 Å². The molecule has 0 saturated carbocycles. The lowest BCUT2D eigenvalue weighted by atomic mass is 10.1. The number of carbonyl (C=O) groups is 2. The Labute approximate surface area is 262 Å². The van der Waals surface area contributed by atoms with Crippen molar-refractivity contribution in [3.05, 3.63) is 105 Å². The molecule has 232 valence electrons. The molecule has 0 heterocycles. The molecule has 0 aliphatic heterocycles. The molecule has 16 heteroatoms. The minimum Gasteiger partial charge on any atom is -0.505 e. The highest BCUT2D eigenvalue weighted by Gasteiger charge is 2.35. The summed E-state index contributed by atoms with van der Waals surface area (Å²) in [6.45, 7) is 0. The first-order valence-electron chi connectivity index (χ1n) is 12.0. The van der Waals surface area contributed by atoms with Crippen LogP contribution in [-0.4, -0.2) is 22.3 Å². The van der Waals surface area contributed by atoms with Gasteiger partial charge < -0.3 is 31.5 Å². The van der Waals surface area contributed by atoms with Crippen molar-refractivity contribution < 1.29 is 46.1 Å². The van der Waals surface area contributed by atoms with Crippen LogP contribution in [0.1, 0.15) is 11.1 Å². The van der Waals surface area contributed by atoms with Gasteiger partial charge in [0.2, 0.25) is 0 Å². The van der Waals surface area contributed by atoms with Gasteiger partial charge in [0.15, 0.2) is 11.5 Å². The molecule has 8 nitrogen and oxygen atoms in total. The molecule has 0 aliphatic rings. The monoisotopic (exact) mass is 748 g/mol. The molecule has 0 unspecified atom stereocenters. The Morgan fingerprint density at radius 2 is 0.795 bits per heavy atom. The predicted molar refractivity (Wildman–Crippen MR) is 160 cm³/mol. The molecular formula is C28H20Br2F6N4O4. The van der Waals surface area contributed by atoms with Crippen LogP contribution >= 0.6 is 31.9 Å². The fourth-order valence-corrected chi connectivity index (χ4v) is 4.19. The molecule has 4 rings (SSSR count). The van der Waals surface area contributed by atoms with Crippen LogP contribution in [-0.2, 0) is 12.4 Å². The highest BCUT2D eigenvalue weighted by atomic mass is 79.9. The zero-order chi connectivity index (χ0) is 32.7. The summed E-state index contributed by atoms with van der Waals surface area (Å²) < 4.78 is 77.2. The average molecular weight is 750 g/mol. The van der Waals surface area contributed by atoms with E-state index in [1.165, 1.54) is 12.1 Å². The lowest BCUT2D eigenvalue weighted by molar-refractivity contribution is -0.139. The van der Waals surface area contributed by atoms with Crippen molar-refractivity contribution in [2.75, 3.05) is 21.3 Å². The molecule has 4 aromatic carbocycles. The number of urea groups is 2. The zero-order valence-corrected chi connectivity index (χ0v) is 25.0. The molecule has 44 heavy (non-hydrogen) atoms. The number of carbonyl (C=O) groups excluding carboxylic acids is 2. The lowest BCUT2D eigenvalue weighted by Gasteiger charge is -2.14. The molecule has 0 fully saturated rings. The summed E-state index contributed by atoms with van der Waals surface area (Å²) in [5.41, 5.74) is -2.23. The maximum Gasteiger partial charge on any atom is 0.420 e. The van der Waals surface area contributed by atoms with E-state index < -0.39 is 47.0 Å². The van der Waals surface area contributed by atoms with Crippen LogP contribution in [0.15, 0.2) is 93.9 Å². The first kappa shape index (κ1) is 34.1. The van der Waals surface area contributed by atoms with Crippen molar-refractivity contribution in [2.45, 2.75) is 12.4 Å². The summed E-state index contributed by atoms with van der Waals surface area (Å²) in [4.78, 5) is 23.6. The Morgan fingerprint density at radius 1 is 0.500 bits per heavy atom. The van der Waals surface area contributed by atoms with Crippen molar-refractivity contribution in [1.29, 1.82) is 0 Å². The maximum absolute atomic E-state index is 12.7. The molecule has 0 saturated heterocycles. The van der Waals surface area contributed by atoms with E-state index in [1.807, 2.05) is 0 Å². The molecule has 6 N–H and O–H groups in total. The number of hydrogen-bond donors (Lipinski definition) is 6. The van der Waals surface area contributed by atoms with E-state index in [9.17, 15) is 46.1 Å². The van der Waals surface area contributed by atoms with Gasteiger partial charge >= 0.3 is 24.4 Å². The van der Waals surface area contributed by atoms with Gasteiger partial charge in [-0.1, -0.05) is 36.4 Å². The van der Waals surface area contributed by atoms with Gasteiger partial charge in [0, 0.05) is 8.95 Å². The van der Waals surface area contributed by atoms with E-state index in [0.29, 0.717) is 20.3 Å². The lowest BCUT2D eigenvalue weighted by Crippen LogP contribution is -2.20. The van der Waals surface area contributed by atoms with Crippen LogP contribution in [0.2, 0.25) is 0 Å². The normalized spacial score (nSPS) is 11.1. The van der Waals surface area contributed by atoms with Crippen LogP contribution in [0.25, 0.3) is 0 Å². The quantitative estimate of drug-likeness (QED) is 0.0919. The summed E-state index contributed by atoms with van der Waals surface area (Å²) in [6, 6.07) is 17.9. The fourth-order valence-electron chi connectivity index (χ4n) is 3.42. The summed E-state index contributed by atoms with van der Waals surface area (Å²) in [5, 5.41) is 28.5. The minimum atomic E-state index is -4.71. The van der Waals surface area contributed by atoms with Crippen LogP contribution in [0.5, 0.6) is 11.5 Å². The second-order valence-electron chi connectivity index (χ2n) is 8.52. The summed E-state index contributed by atoms with van der Waals surface area (Å²) in [5.74, 6) is -2.06. The van der Waals surface area contributed by atoms with E-state index >= 15 is 0 Å². The van der Waals surface area contributed by atoms with E-state index in [2.05, 4.69) is 53.1 Å². The number of amides is 4. The number of alkyl halides is 6. The highest BCUT2D eigenvalue weighted by Crippen LogP contribution is 2.40. The average Bonchev–Trinajstić information content (AvgIpc) is 2.93. The predicted octanol–water partition coefficient (Wildman–Crippen LogP) is 9.63. The van der Waals surface area contributed by atoms with Crippen LogP contribution in [0, 0.1) is 0 Å². The van der Waals surface area contributed by atoms with Gasteiger partial charge in [-0.05, 0) is 80.4 Å². The van der Waals surface area contributed by atoms with Crippen molar-refractivity contribution in [3.63, 3.8) is 0 Å². The summed E-state index contributed by atoms with van der Waals surface area (Å²) >= 11 is 6.44. The number of rotatable bonds is 4. The standard InChI is InChI=1S/2C14H10BrF3N2O2/c2*15-9-5-1-2-6-10(9)19-13(22)20-11-7-3-4-8(12(11)21)14(16,17)18/h2*1-7,21H,(H2,19,20,22). The number of halogens is 8. The van der Waals surface area contributed by atoms with E-state index in [1.54, 1.807) is 48.5 Å². The Balaban J connectivity index is 0.000000240. The van der Waals surface area contributed by atoms with Gasteiger partial charge in [0.25, 0.3) is 0 Å². The number of para-hydroxylation sites is 4. The molecule has 0 aliphatic carbocycles. The van der Waals surface area contributed by atoms with E-state index in [0.717, 1.165) is 24.3 Å². The third-order valence-corrected chi connectivity index (χ3v) is 6.81. The Bertz CT molecular complexity index is 1530. The first-order chi connectivity index (χ1) is 20.6. The molecule has 0 aromatic heterocycles. The second kappa shape index (κ2) is 14.4. The van der Waals surface area contributed by atoms with Crippen molar-refractivity contribution >= 4 is 66.7 Å². The topological polar surface area (TPSA) is 123 Å². The fraction of sp³-hybridized carbons (Fsp3) is 0.0714. The Morgan fingerprint density at radius 3 is 1.11 bits per heavy atom. The maximum atomic E-state index is 12.7. The van der Waals surface area contributed by atoms with Crippen molar-refractivity contribution in [3.8, 4) is 11.5 Å². The molecular weight excluding hydrogens is 730 g/mol. The number of hydrogen-bond acceptors (Lipinski definition) is 4. The van der Waals surface area contributed by atoms with Crippen LogP contribution in [0.3, 0.4) is 0 Å². The Hall–Kier alpha value is -4.44. The zero-order valence-electron chi connectivity index (χ0n) is 21.8. The van der Waals surface area contributed by atoms with E-state index in [4.69, 9.17) is 0 Å². The van der Waals surface area contributed by atoms with Gasteiger partial charge in [-0.15, -0.1) is 0 Å². The molecule has 0 bridgehead atoms. The smallest absolute Gasteiger partial charge is 0.420 e. The summed E-state index contributed by atoms with van der Waals surface area (Å²) in [6.07, 6.45) is -9.42. The van der Waals surface area contributed by atoms with Gasteiger partial charge in [-0.3, -0.25) is 0 Å². The van der Waals surface area contributed by atoms with Crippen molar-refractivity contribution in [1.82, 2.24) is 0 Å². The molecule has 4 amide bonds. The Kier molecular flexibility index (Phi) is 11.1. The largest absolute Gasteiger partial charge is 0.505 e. The van der Waals surface area contributed by atoms with Crippen molar-refractivity contribution in [2.24, 2.45) is 0 Å². The summed E-state index contributed by atoms with van der Waals surface area (Å²) in [7, 11) is 0. The van der Waals surface area contributed by atoms with Gasteiger partial charge in [-0.2, -0.15) is 26.3 Å². The van der Waals surface area contributed by atoms with Gasteiger partial charge in [0.1, 0.15) is 0 Å². The number of anilines is 4. The first-order valence-corrected chi connectivity index (χ1v) is 13.6. The number of aromatic hydroxyl groups is 2. The highest BCUT2D eigenvalue weighted by molar-refractivity contribution is 9.11. The van der Waals surface area contributed by atoms with Gasteiger partial charge in [-0.25, -0.2) is 9.59 Å². The molecule has 0 atom stereocenters. The van der Waals surface area contributed by atoms with E-state index in [-0.39, 0.29) is 11.4 Å². The SMILES string of the molecule is O=C(Nc1ccccc1Br)Nc1cccc(C(F)(F)F)c1O.O=C(Nc1ccccc1Br)Nc1cccc(C(F)(F)F)c1O. The number of nitrogens with one attached hydrogen (secondary N) is 4. The number of phenolic OH excluding ortho intramolecular Hbond substituents is 2. The minimum absolute atomic E-state index is 0.334. The molecule has 0 radical (unpaired) electrons. The molecule has 4 aromatic rings. The third-order valence-electron chi connectivity index (χ3n) is 5.42. The number of benzene rings is 4. The number of phenols is 2.